The van der Waals surface area contributed by atoms with E-state index in [9.17, 15) is 14.4 Å². The van der Waals surface area contributed by atoms with Gasteiger partial charge >= 0.3 is 0 Å². The number of methoxy groups -OCH3 is 1. The first kappa shape index (κ1) is 19.9. The molecule has 0 atom stereocenters. The predicted octanol–water partition coefficient (Wildman–Crippen LogP) is 1.93. The zero-order chi connectivity index (χ0) is 22.0. The molecular formula is C20H17FN6O4. The first-order valence-corrected chi connectivity index (χ1v) is 8.98. The van der Waals surface area contributed by atoms with Crippen molar-refractivity contribution < 1.29 is 24.0 Å². The summed E-state index contributed by atoms with van der Waals surface area (Å²) in [6, 6.07) is 7.25. The lowest BCUT2D eigenvalue weighted by Gasteiger charge is -2.06. The maximum Gasteiger partial charge on any atom is 0.295 e. The second-order valence-electron chi connectivity index (χ2n) is 6.30. The smallest absolute Gasteiger partial charge is 0.295 e. The van der Waals surface area contributed by atoms with Gasteiger partial charge in [-0.15, -0.1) is 0 Å². The number of carbonyl (C=O) groups excluding carboxylic acids is 1. The number of aromatic amines is 1. The number of aromatic nitrogens is 5. The molecule has 3 aromatic heterocycles. The number of ether oxygens (including phenoxy) is 1. The fourth-order valence-corrected chi connectivity index (χ4v) is 2.94. The number of benzene rings is 1. The number of rotatable bonds is 5. The fourth-order valence-electron chi connectivity index (χ4n) is 2.94. The molecule has 4 aromatic rings. The molecule has 4 rings (SSSR count). The van der Waals surface area contributed by atoms with E-state index in [1.807, 2.05) is 0 Å². The van der Waals surface area contributed by atoms with Gasteiger partial charge in [-0.1, -0.05) is 0 Å². The quantitative estimate of drug-likeness (QED) is 0.473. The van der Waals surface area contributed by atoms with Crippen LogP contribution < -0.4 is 14.9 Å². The van der Waals surface area contributed by atoms with Crippen LogP contribution in [0.1, 0.15) is 10.5 Å². The van der Waals surface area contributed by atoms with E-state index in [1.165, 1.54) is 62.1 Å². The summed E-state index contributed by atoms with van der Waals surface area (Å²) in [4.78, 5) is 33.5. The molecule has 0 radical (unpaired) electrons. The molecule has 31 heavy (non-hydrogen) atoms. The van der Waals surface area contributed by atoms with Gasteiger partial charge in [0.1, 0.15) is 36.0 Å². The zero-order valence-corrected chi connectivity index (χ0v) is 16.5. The van der Waals surface area contributed by atoms with Crippen molar-refractivity contribution in [3.05, 3.63) is 72.1 Å². The van der Waals surface area contributed by atoms with Crippen LogP contribution in [0.5, 0.6) is 5.75 Å². The zero-order valence-electron chi connectivity index (χ0n) is 16.5. The third-order valence-electron chi connectivity index (χ3n) is 4.41. The molecule has 3 heterocycles. The first-order chi connectivity index (χ1) is 15.0. The third kappa shape index (κ3) is 3.88. The van der Waals surface area contributed by atoms with Crippen LogP contribution in [0, 0.1) is 5.82 Å². The Kier molecular flexibility index (Phi) is 5.22. The number of amides is 1. The number of H-pyrrole nitrogens is 1. The van der Waals surface area contributed by atoms with E-state index < -0.39 is 5.91 Å². The lowest BCUT2D eigenvalue weighted by molar-refractivity contribution is 0.0993. The lowest BCUT2D eigenvalue weighted by Crippen LogP contribution is -2.12. The van der Waals surface area contributed by atoms with Crippen LogP contribution in [0.3, 0.4) is 0 Å². The maximum absolute atomic E-state index is 13.3. The first-order valence-electron chi connectivity index (χ1n) is 8.98. The summed E-state index contributed by atoms with van der Waals surface area (Å²) in [6.07, 6.45) is 5.38. The molecule has 1 aromatic carbocycles. The van der Waals surface area contributed by atoms with Gasteiger partial charge in [0.2, 0.25) is 0 Å². The van der Waals surface area contributed by atoms with Crippen molar-refractivity contribution in [3.63, 3.8) is 0 Å². The molecule has 158 valence electrons. The number of nitrogens with one attached hydrogen (secondary N) is 1. The van der Waals surface area contributed by atoms with Crippen molar-refractivity contribution in [3.8, 4) is 28.5 Å². The fraction of sp³-hybridized carbons (Fsp3) is 0.100. The molecule has 2 N–H and O–H groups in total. The van der Waals surface area contributed by atoms with Gasteiger partial charge in [0.25, 0.3) is 5.91 Å². The molecule has 0 aliphatic heterocycles. The van der Waals surface area contributed by atoms with Crippen molar-refractivity contribution in [2.24, 2.45) is 4.99 Å². The molecule has 1 amide bonds. The number of nitrogens with zero attached hydrogens (tertiary/aromatic N) is 5. The van der Waals surface area contributed by atoms with Crippen LogP contribution in [-0.4, -0.2) is 49.7 Å². The number of hydrogen-bond acceptors (Lipinski definition) is 6. The monoisotopic (exact) mass is 424 g/mol. The molecule has 0 unspecified atom stereocenters. The molecule has 0 fully saturated rings. The average molecular weight is 424 g/mol. The molecule has 0 bridgehead atoms. The molecule has 0 aliphatic rings. The Bertz CT molecular complexity index is 1310. The lowest BCUT2D eigenvalue weighted by atomic mass is 10.1. The van der Waals surface area contributed by atoms with Gasteiger partial charge in [0.15, 0.2) is 17.3 Å². The summed E-state index contributed by atoms with van der Waals surface area (Å²) < 4.78 is 20.6. The van der Waals surface area contributed by atoms with Crippen LogP contribution in [0.25, 0.3) is 22.8 Å². The predicted molar refractivity (Wildman–Crippen MR) is 106 cm³/mol. The molecule has 0 aliphatic carbocycles. The minimum absolute atomic E-state index is 0.117. The Morgan fingerprint density at radius 2 is 1.97 bits per heavy atom. The highest BCUT2D eigenvalue weighted by Gasteiger charge is 2.20. The Hall–Kier alpha value is -4.41. The SMILES string of the molecule is COc1cn(O)ccc1=NC(=O)c1cnc(-c2c(-c3ccc(F)cc3)ncn2OC)[nH]1. The van der Waals surface area contributed by atoms with Gasteiger partial charge in [-0.3, -0.25) is 4.79 Å². The highest BCUT2D eigenvalue weighted by Crippen LogP contribution is 2.29. The Labute approximate surface area is 174 Å². The van der Waals surface area contributed by atoms with Crippen LogP contribution >= 0.6 is 0 Å². The number of pyridine rings is 1. The van der Waals surface area contributed by atoms with Gasteiger partial charge in [-0.25, -0.2) is 19.4 Å². The second-order valence-corrected chi connectivity index (χ2v) is 6.30. The van der Waals surface area contributed by atoms with Crippen molar-refractivity contribution in [1.29, 1.82) is 0 Å². The van der Waals surface area contributed by atoms with Crippen molar-refractivity contribution in [2.45, 2.75) is 0 Å². The maximum atomic E-state index is 13.3. The number of halogens is 1. The molecule has 11 heteroatoms. The van der Waals surface area contributed by atoms with Crippen molar-refractivity contribution in [2.75, 3.05) is 14.2 Å². The van der Waals surface area contributed by atoms with Crippen LogP contribution in [0.4, 0.5) is 4.39 Å². The molecule has 10 nitrogen and oxygen atoms in total. The van der Waals surface area contributed by atoms with Crippen LogP contribution in [0.2, 0.25) is 0 Å². The number of carbonyl (C=O) groups is 1. The van der Waals surface area contributed by atoms with E-state index in [-0.39, 0.29) is 22.6 Å². The number of imidazole rings is 2. The van der Waals surface area contributed by atoms with Gasteiger partial charge in [-0.05, 0) is 30.3 Å². The summed E-state index contributed by atoms with van der Waals surface area (Å²) in [5.41, 5.74) is 1.70. The minimum atomic E-state index is -0.598. The average Bonchev–Trinajstić information content (AvgIpc) is 3.42. The normalized spacial score (nSPS) is 11.5. The van der Waals surface area contributed by atoms with Crippen LogP contribution in [-0.2, 0) is 0 Å². The molecular weight excluding hydrogens is 407 g/mol. The van der Waals surface area contributed by atoms with E-state index in [4.69, 9.17) is 9.57 Å². The molecule has 0 spiro atoms. The summed E-state index contributed by atoms with van der Waals surface area (Å²) in [5, 5.41) is 9.71. The molecule has 0 saturated heterocycles. The minimum Gasteiger partial charge on any atom is -0.493 e. The van der Waals surface area contributed by atoms with E-state index in [0.717, 1.165) is 4.73 Å². The summed E-state index contributed by atoms with van der Waals surface area (Å²) in [5.74, 6) is -0.439. The Balaban J connectivity index is 1.73. The highest BCUT2D eigenvalue weighted by atomic mass is 19.1. The van der Waals surface area contributed by atoms with Crippen molar-refractivity contribution >= 4 is 5.91 Å². The standard InChI is InChI=1S/C20H17FN6O4/c1-30-16-10-26(29)8-7-14(16)25-20(28)15-9-22-19(24-15)18-17(23-11-27(18)31-2)12-3-5-13(21)6-4-12/h3-11,29H,1-2H3,(H,22,24). The van der Waals surface area contributed by atoms with E-state index in [1.54, 1.807) is 12.1 Å². The largest absolute Gasteiger partial charge is 0.493 e. The second kappa shape index (κ2) is 8.14. The summed E-state index contributed by atoms with van der Waals surface area (Å²) >= 11 is 0. The third-order valence-corrected chi connectivity index (χ3v) is 4.41. The van der Waals surface area contributed by atoms with Gasteiger partial charge in [-0.2, -0.15) is 9.46 Å². The van der Waals surface area contributed by atoms with E-state index >= 15 is 0 Å². The highest BCUT2D eigenvalue weighted by molar-refractivity contribution is 5.93. The topological polar surface area (TPSA) is 120 Å². The molecule has 0 saturated carbocycles. The Morgan fingerprint density at radius 3 is 2.68 bits per heavy atom. The van der Waals surface area contributed by atoms with Gasteiger partial charge < -0.3 is 19.8 Å². The number of hydrogen-bond donors (Lipinski definition) is 2. The Morgan fingerprint density at radius 1 is 1.19 bits per heavy atom. The van der Waals surface area contributed by atoms with E-state index in [0.29, 0.717) is 22.8 Å². The van der Waals surface area contributed by atoms with Crippen molar-refractivity contribution in [1.82, 2.24) is 24.4 Å². The summed E-state index contributed by atoms with van der Waals surface area (Å²) in [7, 11) is 2.86. The van der Waals surface area contributed by atoms with E-state index in [2.05, 4.69) is 19.9 Å². The van der Waals surface area contributed by atoms with Gasteiger partial charge in [0.05, 0.1) is 19.5 Å². The summed E-state index contributed by atoms with van der Waals surface area (Å²) in [6.45, 7) is 0. The van der Waals surface area contributed by atoms with Gasteiger partial charge in [0, 0.05) is 11.8 Å². The van der Waals surface area contributed by atoms with Crippen LogP contribution in [0.15, 0.2) is 60.2 Å².